The van der Waals surface area contributed by atoms with E-state index in [9.17, 15) is 4.79 Å². The molecule has 0 bridgehead atoms. The molecule has 0 saturated heterocycles. The zero-order chi connectivity index (χ0) is 16.5. The van der Waals surface area contributed by atoms with E-state index >= 15 is 0 Å². The number of amides is 1. The van der Waals surface area contributed by atoms with E-state index in [1.54, 1.807) is 6.07 Å². The van der Waals surface area contributed by atoms with E-state index in [1.807, 2.05) is 12.1 Å². The van der Waals surface area contributed by atoms with E-state index in [0.717, 1.165) is 31.4 Å². The van der Waals surface area contributed by atoms with Gasteiger partial charge in [-0.3, -0.25) is 4.79 Å². The molecule has 1 aromatic rings. The first kappa shape index (κ1) is 18.6. The second-order valence-electron chi connectivity index (χ2n) is 6.24. The molecule has 1 aliphatic carbocycles. The van der Waals surface area contributed by atoms with Gasteiger partial charge >= 0.3 is 0 Å². The summed E-state index contributed by atoms with van der Waals surface area (Å²) < 4.78 is 0. The van der Waals surface area contributed by atoms with Gasteiger partial charge in [0.1, 0.15) is 0 Å². The highest BCUT2D eigenvalue weighted by Crippen LogP contribution is 2.21. The molecule has 0 heterocycles. The monoisotopic (exact) mass is 356 g/mol. The molecule has 0 aliphatic heterocycles. The van der Waals surface area contributed by atoms with Crippen LogP contribution in [0.4, 0.5) is 0 Å². The van der Waals surface area contributed by atoms with Crippen LogP contribution >= 0.6 is 23.2 Å². The molecule has 3 nitrogen and oxygen atoms in total. The Bertz CT molecular complexity index is 500. The van der Waals surface area contributed by atoms with Gasteiger partial charge in [0.25, 0.3) is 0 Å². The number of rotatable bonds is 7. The summed E-state index contributed by atoms with van der Waals surface area (Å²) in [4.78, 5) is 12.0. The Morgan fingerprint density at radius 3 is 2.52 bits per heavy atom. The van der Waals surface area contributed by atoms with Crippen LogP contribution in [0.5, 0.6) is 0 Å². The molecule has 128 valence electrons. The molecule has 0 spiro atoms. The molecule has 1 saturated carbocycles. The van der Waals surface area contributed by atoms with Crippen LogP contribution in [0.1, 0.15) is 50.5 Å². The minimum absolute atomic E-state index is 0.161. The number of nitrogens with one attached hydrogen (secondary N) is 2. The highest BCUT2D eigenvalue weighted by atomic mass is 35.5. The van der Waals surface area contributed by atoms with Crippen molar-refractivity contribution in [2.45, 2.75) is 57.4 Å². The molecule has 2 N–H and O–H groups in total. The first-order chi connectivity index (χ1) is 11.1. The number of benzene rings is 1. The van der Waals surface area contributed by atoms with Crippen LogP contribution in [0.2, 0.25) is 10.0 Å². The molecule has 0 unspecified atom stereocenters. The molecule has 1 aliphatic rings. The van der Waals surface area contributed by atoms with E-state index in [-0.39, 0.29) is 5.91 Å². The molecule has 23 heavy (non-hydrogen) atoms. The normalized spacial score (nSPS) is 16.1. The summed E-state index contributed by atoms with van der Waals surface area (Å²) in [5.74, 6) is 0.161. The zero-order valence-corrected chi connectivity index (χ0v) is 15.1. The van der Waals surface area contributed by atoms with Gasteiger partial charge in [-0.15, -0.1) is 0 Å². The second-order valence-corrected chi connectivity index (χ2v) is 7.09. The summed E-state index contributed by atoms with van der Waals surface area (Å²) in [6, 6.07) is 5.95. The van der Waals surface area contributed by atoms with Gasteiger partial charge in [-0.25, -0.2) is 0 Å². The van der Waals surface area contributed by atoms with Crippen LogP contribution in [0, 0.1) is 0 Å². The van der Waals surface area contributed by atoms with Gasteiger partial charge in [-0.1, -0.05) is 55.0 Å². The predicted molar refractivity (Wildman–Crippen MR) is 97.3 cm³/mol. The molecule has 5 heteroatoms. The lowest BCUT2D eigenvalue weighted by atomic mass is 10.1. The Hall–Kier alpha value is -0.770. The average Bonchev–Trinajstić information content (AvgIpc) is 2.77. The van der Waals surface area contributed by atoms with E-state index in [2.05, 4.69) is 10.6 Å². The minimum Gasteiger partial charge on any atom is -0.353 e. The van der Waals surface area contributed by atoms with Crippen LogP contribution in [0.25, 0.3) is 0 Å². The van der Waals surface area contributed by atoms with Crippen LogP contribution in [0.3, 0.4) is 0 Å². The molecule has 1 amide bonds. The van der Waals surface area contributed by atoms with Gasteiger partial charge in [0, 0.05) is 29.1 Å². The lowest BCUT2D eigenvalue weighted by Gasteiger charge is -2.16. The molecule has 0 aromatic heterocycles. The maximum absolute atomic E-state index is 12.0. The number of hydrogen-bond donors (Lipinski definition) is 2. The van der Waals surface area contributed by atoms with Crippen molar-refractivity contribution in [3.05, 3.63) is 33.8 Å². The minimum atomic E-state index is 0.161. The Labute approximate surface area is 149 Å². The van der Waals surface area contributed by atoms with Gasteiger partial charge < -0.3 is 10.6 Å². The van der Waals surface area contributed by atoms with Gasteiger partial charge in [0.15, 0.2) is 0 Å². The predicted octanol–water partition coefficient (Wildman–Crippen LogP) is 4.35. The maximum Gasteiger partial charge on any atom is 0.221 e. The van der Waals surface area contributed by atoms with Gasteiger partial charge in [0.2, 0.25) is 5.91 Å². The Morgan fingerprint density at radius 2 is 1.83 bits per heavy atom. The van der Waals surface area contributed by atoms with Crippen molar-refractivity contribution >= 4 is 29.1 Å². The summed E-state index contributed by atoms with van der Waals surface area (Å²) in [6.45, 7) is 1.50. The van der Waals surface area contributed by atoms with E-state index in [1.165, 1.54) is 25.7 Å². The zero-order valence-electron chi connectivity index (χ0n) is 13.5. The second kappa shape index (κ2) is 10.2. The lowest BCUT2D eigenvalue weighted by molar-refractivity contribution is -0.121. The summed E-state index contributed by atoms with van der Waals surface area (Å²) >= 11 is 12.0. The first-order valence-electron chi connectivity index (χ1n) is 8.59. The molecular weight excluding hydrogens is 331 g/mol. The quantitative estimate of drug-likeness (QED) is 0.563. The molecular formula is C18H26Cl2N2O. The molecule has 1 fully saturated rings. The maximum atomic E-state index is 12.0. The molecule has 0 radical (unpaired) electrons. The smallest absolute Gasteiger partial charge is 0.221 e. The Balaban J connectivity index is 1.58. The number of carbonyl (C=O) groups is 1. The van der Waals surface area contributed by atoms with Crippen molar-refractivity contribution in [2.75, 3.05) is 13.1 Å². The largest absolute Gasteiger partial charge is 0.353 e. The number of halogens is 2. The standard InChI is InChI=1S/C18H26Cl2N2O/c19-15-8-7-14(17(20)13-15)9-11-21-12-10-18(23)22-16-5-3-1-2-4-6-16/h7-8,13,16,21H,1-6,9-12H2,(H,22,23). The SMILES string of the molecule is O=C(CCNCCc1ccc(Cl)cc1Cl)NC1CCCCCC1. The summed E-state index contributed by atoms with van der Waals surface area (Å²) in [5.41, 5.74) is 1.08. The number of carbonyl (C=O) groups excluding carboxylic acids is 1. The molecule has 2 rings (SSSR count). The third kappa shape index (κ3) is 7.11. The van der Waals surface area contributed by atoms with E-state index in [0.29, 0.717) is 29.1 Å². The van der Waals surface area contributed by atoms with Gasteiger partial charge in [-0.2, -0.15) is 0 Å². The van der Waals surface area contributed by atoms with Crippen LogP contribution in [-0.4, -0.2) is 25.0 Å². The van der Waals surface area contributed by atoms with Crippen LogP contribution < -0.4 is 10.6 Å². The third-order valence-corrected chi connectivity index (χ3v) is 4.92. The van der Waals surface area contributed by atoms with Crippen molar-refractivity contribution in [2.24, 2.45) is 0 Å². The number of hydrogen-bond acceptors (Lipinski definition) is 2. The van der Waals surface area contributed by atoms with Crippen molar-refractivity contribution < 1.29 is 4.79 Å². The van der Waals surface area contributed by atoms with Crippen LogP contribution in [-0.2, 0) is 11.2 Å². The topological polar surface area (TPSA) is 41.1 Å². The lowest BCUT2D eigenvalue weighted by Crippen LogP contribution is -2.36. The van der Waals surface area contributed by atoms with E-state index < -0.39 is 0 Å². The fraction of sp³-hybridized carbons (Fsp3) is 0.611. The van der Waals surface area contributed by atoms with Crippen LogP contribution in [0.15, 0.2) is 18.2 Å². The summed E-state index contributed by atoms with van der Waals surface area (Å²) in [6.07, 6.45) is 8.73. The van der Waals surface area contributed by atoms with Crippen molar-refractivity contribution in [3.8, 4) is 0 Å². The first-order valence-corrected chi connectivity index (χ1v) is 9.35. The summed E-state index contributed by atoms with van der Waals surface area (Å²) in [5, 5.41) is 7.83. The Morgan fingerprint density at radius 1 is 1.09 bits per heavy atom. The molecule has 1 aromatic carbocycles. The highest BCUT2D eigenvalue weighted by Gasteiger charge is 2.14. The highest BCUT2D eigenvalue weighted by molar-refractivity contribution is 6.35. The average molecular weight is 357 g/mol. The summed E-state index contributed by atoms with van der Waals surface area (Å²) in [7, 11) is 0. The van der Waals surface area contributed by atoms with E-state index in [4.69, 9.17) is 23.2 Å². The van der Waals surface area contributed by atoms with Crippen molar-refractivity contribution in [1.82, 2.24) is 10.6 Å². The fourth-order valence-corrected chi connectivity index (χ4v) is 3.50. The van der Waals surface area contributed by atoms with Crippen molar-refractivity contribution in [1.29, 1.82) is 0 Å². The van der Waals surface area contributed by atoms with Gasteiger partial charge in [-0.05, 0) is 43.5 Å². The fourth-order valence-electron chi connectivity index (χ4n) is 3.00. The van der Waals surface area contributed by atoms with Crippen molar-refractivity contribution in [3.63, 3.8) is 0 Å². The third-order valence-electron chi connectivity index (χ3n) is 4.34. The van der Waals surface area contributed by atoms with Gasteiger partial charge in [0.05, 0.1) is 0 Å². The molecule has 0 atom stereocenters. The Kier molecular flexibility index (Phi) is 8.21.